The molecule has 0 bridgehead atoms. The number of rotatable bonds is 6. The Labute approximate surface area is 202 Å². The molecule has 2 aromatic carbocycles. The van der Waals surface area contributed by atoms with Crippen LogP contribution in [-0.2, 0) is 0 Å². The molecule has 1 aliphatic heterocycles. The minimum absolute atomic E-state index is 0.0746. The molecule has 3 atom stereocenters. The fraction of sp³-hybridized carbons (Fsp3) is 0.333. The Morgan fingerprint density at radius 1 is 1.24 bits per heavy atom. The van der Waals surface area contributed by atoms with Gasteiger partial charge in [-0.1, -0.05) is 18.2 Å². The molecule has 0 saturated carbocycles. The summed E-state index contributed by atoms with van der Waals surface area (Å²) >= 11 is 0. The van der Waals surface area contributed by atoms with Crippen molar-refractivity contribution in [2.24, 2.45) is 0 Å². The number of aromatic nitrogens is 1. The maximum atomic E-state index is 14.1. The summed E-state index contributed by atoms with van der Waals surface area (Å²) in [6.45, 7) is 6.38. The Morgan fingerprint density at radius 3 is 2.68 bits per heavy atom. The van der Waals surface area contributed by atoms with Crippen molar-refractivity contribution in [1.29, 1.82) is 0 Å². The number of nitrogen functional groups attached to an aromatic ring is 1. The highest BCUT2D eigenvalue weighted by atomic mass is 31.0. The number of likely N-dealkylation sites (tertiary alicyclic amines) is 1. The monoisotopic (exact) mass is 479 g/mol. The van der Waals surface area contributed by atoms with Crippen molar-refractivity contribution < 1.29 is 13.9 Å². The predicted octanol–water partition coefficient (Wildman–Crippen LogP) is 5.71. The number of hydrogen-bond acceptors (Lipinski definition) is 4. The molecule has 178 valence electrons. The van der Waals surface area contributed by atoms with Gasteiger partial charge in [0.2, 0.25) is 0 Å². The number of carbonyl (C=O) groups excluding carboxylic acids is 1. The molecule has 1 aliphatic rings. The molecule has 1 amide bonds. The second-order valence-corrected chi connectivity index (χ2v) is 9.35. The maximum Gasteiger partial charge on any atom is 0.254 e. The number of benzene rings is 2. The third-order valence-corrected chi connectivity index (χ3v) is 7.18. The quantitative estimate of drug-likeness (QED) is 0.460. The van der Waals surface area contributed by atoms with Gasteiger partial charge in [0.05, 0.1) is 0 Å². The lowest BCUT2D eigenvalue weighted by molar-refractivity contribution is 0.0750. The molecule has 34 heavy (non-hydrogen) atoms. The number of halogens is 1. The topological polar surface area (TPSA) is 68.5 Å². The second-order valence-electron chi connectivity index (χ2n) is 8.88. The molecule has 3 aromatic rings. The van der Waals surface area contributed by atoms with Crippen LogP contribution in [0.3, 0.4) is 0 Å². The fourth-order valence-electron chi connectivity index (χ4n) is 4.74. The van der Waals surface area contributed by atoms with Crippen molar-refractivity contribution in [2.45, 2.75) is 45.8 Å². The van der Waals surface area contributed by atoms with Crippen LogP contribution in [0.25, 0.3) is 11.1 Å². The van der Waals surface area contributed by atoms with E-state index in [-0.39, 0.29) is 17.5 Å². The van der Waals surface area contributed by atoms with Gasteiger partial charge < -0.3 is 15.4 Å². The maximum absolute atomic E-state index is 14.1. The molecule has 4 rings (SSSR count). The van der Waals surface area contributed by atoms with E-state index >= 15 is 0 Å². The van der Waals surface area contributed by atoms with Crippen molar-refractivity contribution in [2.75, 3.05) is 18.4 Å². The number of nitrogens with two attached hydrogens (primary N) is 1. The third kappa shape index (κ3) is 4.78. The van der Waals surface area contributed by atoms with E-state index < -0.39 is 6.10 Å². The van der Waals surface area contributed by atoms with Crippen LogP contribution in [0.2, 0.25) is 0 Å². The van der Waals surface area contributed by atoms with Crippen molar-refractivity contribution in [3.63, 3.8) is 0 Å². The highest BCUT2D eigenvalue weighted by Crippen LogP contribution is 2.33. The first kappa shape index (κ1) is 24.2. The van der Waals surface area contributed by atoms with Crippen molar-refractivity contribution in [1.82, 2.24) is 9.88 Å². The SMILES string of the molecule is Cc1ccc(F)c(C)c1C(C)Oc1cc(-c2ccc(C(=O)N3CCCC3CP)cc2)cnc1N. The van der Waals surface area contributed by atoms with E-state index in [1.54, 1.807) is 19.2 Å². The summed E-state index contributed by atoms with van der Waals surface area (Å²) in [5, 5.41) is 0. The van der Waals surface area contributed by atoms with Gasteiger partial charge in [-0.2, -0.15) is 0 Å². The summed E-state index contributed by atoms with van der Waals surface area (Å²) in [4.78, 5) is 19.2. The third-order valence-electron chi connectivity index (χ3n) is 6.63. The fourth-order valence-corrected chi connectivity index (χ4v) is 5.23. The van der Waals surface area contributed by atoms with E-state index in [9.17, 15) is 9.18 Å². The normalized spacial score (nSPS) is 16.5. The molecule has 1 aromatic heterocycles. The number of ether oxygens (including phenoxy) is 1. The zero-order chi connectivity index (χ0) is 24.4. The first-order chi connectivity index (χ1) is 16.3. The summed E-state index contributed by atoms with van der Waals surface area (Å²) in [6.07, 6.45) is 4.29. The van der Waals surface area contributed by atoms with Gasteiger partial charge in [-0.3, -0.25) is 4.79 Å². The van der Waals surface area contributed by atoms with E-state index in [1.165, 1.54) is 6.07 Å². The largest absolute Gasteiger partial charge is 0.482 e. The van der Waals surface area contributed by atoms with Crippen LogP contribution in [0.5, 0.6) is 5.75 Å². The van der Waals surface area contributed by atoms with E-state index in [2.05, 4.69) is 14.2 Å². The molecule has 3 unspecified atom stereocenters. The van der Waals surface area contributed by atoms with Crippen LogP contribution in [0.4, 0.5) is 10.2 Å². The van der Waals surface area contributed by atoms with Crippen LogP contribution in [-0.4, -0.2) is 34.5 Å². The first-order valence-electron chi connectivity index (χ1n) is 11.6. The van der Waals surface area contributed by atoms with Crippen LogP contribution >= 0.6 is 9.24 Å². The van der Waals surface area contributed by atoms with Gasteiger partial charge in [0.1, 0.15) is 11.9 Å². The summed E-state index contributed by atoms with van der Waals surface area (Å²) in [7, 11) is 2.74. The van der Waals surface area contributed by atoms with Gasteiger partial charge >= 0.3 is 0 Å². The number of amides is 1. The van der Waals surface area contributed by atoms with Crippen LogP contribution < -0.4 is 10.5 Å². The molecule has 0 radical (unpaired) electrons. The van der Waals surface area contributed by atoms with E-state index in [0.29, 0.717) is 22.9 Å². The molecule has 2 N–H and O–H groups in total. The predicted molar refractivity (Wildman–Crippen MR) is 138 cm³/mol. The molecule has 5 nitrogen and oxygen atoms in total. The molecule has 1 saturated heterocycles. The van der Waals surface area contributed by atoms with Gasteiger partial charge in [0, 0.05) is 35.5 Å². The number of carbonyl (C=O) groups is 1. The highest BCUT2D eigenvalue weighted by molar-refractivity contribution is 7.16. The Bertz CT molecular complexity index is 1200. The zero-order valence-corrected chi connectivity index (χ0v) is 21.0. The lowest BCUT2D eigenvalue weighted by Crippen LogP contribution is -2.36. The van der Waals surface area contributed by atoms with Gasteiger partial charge in [0.15, 0.2) is 11.6 Å². The molecular weight excluding hydrogens is 448 g/mol. The molecule has 2 heterocycles. The summed E-state index contributed by atoms with van der Waals surface area (Å²) in [6, 6.07) is 12.9. The lowest BCUT2D eigenvalue weighted by atomic mass is 9.98. The minimum atomic E-state index is -0.403. The molecular formula is C27H31FN3O2P. The standard InChI is InChI=1S/C27H31FN3O2P/c1-16-6-11-23(28)17(2)25(16)18(3)33-24-13-21(14-30-26(24)29)19-7-9-20(10-8-19)27(32)31-12-4-5-22(31)15-34/h6-11,13-14,18,22H,4-5,12,15,34H2,1-3H3,(H2,29,30). The number of anilines is 1. The number of nitrogens with zero attached hydrogens (tertiary/aromatic N) is 2. The summed E-state index contributed by atoms with van der Waals surface area (Å²) < 4.78 is 20.3. The van der Waals surface area contributed by atoms with Crippen LogP contribution in [0, 0.1) is 19.7 Å². The number of hydrogen-bond donors (Lipinski definition) is 1. The molecule has 7 heteroatoms. The lowest BCUT2D eigenvalue weighted by Gasteiger charge is -2.23. The van der Waals surface area contributed by atoms with Crippen molar-refractivity contribution in [3.8, 4) is 16.9 Å². The summed E-state index contributed by atoms with van der Waals surface area (Å²) in [5.74, 6) is 0.522. The van der Waals surface area contributed by atoms with E-state index in [1.807, 2.05) is 49.1 Å². The average Bonchev–Trinajstić information content (AvgIpc) is 3.32. The summed E-state index contributed by atoms with van der Waals surface area (Å²) in [5.41, 5.74) is 10.8. The second kappa shape index (κ2) is 10.1. The van der Waals surface area contributed by atoms with Crippen molar-refractivity contribution in [3.05, 3.63) is 76.7 Å². The van der Waals surface area contributed by atoms with Gasteiger partial charge in [-0.05, 0) is 80.7 Å². The van der Waals surface area contributed by atoms with Gasteiger partial charge in [0.25, 0.3) is 5.91 Å². The number of aryl methyl sites for hydroxylation is 1. The van der Waals surface area contributed by atoms with Crippen LogP contribution in [0.1, 0.15) is 52.9 Å². The minimum Gasteiger partial charge on any atom is -0.482 e. The molecule has 1 fully saturated rings. The molecule has 0 spiro atoms. The van der Waals surface area contributed by atoms with Gasteiger partial charge in [-0.15, -0.1) is 9.24 Å². The van der Waals surface area contributed by atoms with Crippen LogP contribution in [0.15, 0.2) is 48.7 Å². The number of pyridine rings is 1. The Balaban J connectivity index is 1.55. The average molecular weight is 480 g/mol. The first-order valence-corrected chi connectivity index (χ1v) is 12.4. The zero-order valence-electron chi connectivity index (χ0n) is 19.8. The Hall–Kier alpha value is -2.98. The molecule has 0 aliphatic carbocycles. The highest BCUT2D eigenvalue weighted by Gasteiger charge is 2.28. The van der Waals surface area contributed by atoms with E-state index in [4.69, 9.17) is 10.5 Å². The Kier molecular flexibility index (Phi) is 7.18. The van der Waals surface area contributed by atoms with Crippen molar-refractivity contribution >= 4 is 21.0 Å². The Morgan fingerprint density at radius 2 is 1.97 bits per heavy atom. The van der Waals surface area contributed by atoms with E-state index in [0.717, 1.165) is 47.8 Å². The smallest absolute Gasteiger partial charge is 0.254 e. The van der Waals surface area contributed by atoms with Gasteiger partial charge in [-0.25, -0.2) is 9.37 Å².